The molecule has 6 heteroatoms. The molecule has 2 heterocycles. The fourth-order valence-electron chi connectivity index (χ4n) is 1.87. The van der Waals surface area contributed by atoms with Crippen LogP contribution < -0.4 is 10.9 Å². The third kappa shape index (κ3) is 2.90. The van der Waals surface area contributed by atoms with Gasteiger partial charge in [0.2, 0.25) is 0 Å². The predicted octanol–water partition coefficient (Wildman–Crippen LogP) is 1.69. The normalized spacial score (nSPS) is 10.5. The zero-order valence-corrected chi connectivity index (χ0v) is 11.9. The molecule has 0 saturated heterocycles. The Hall–Kier alpha value is -1.95. The largest absolute Gasteiger partial charge is 0.347 e. The van der Waals surface area contributed by atoms with Crippen LogP contribution in [-0.2, 0) is 6.54 Å². The number of aromatic nitrogens is 2. The van der Waals surface area contributed by atoms with Gasteiger partial charge in [0.05, 0.1) is 11.2 Å². The van der Waals surface area contributed by atoms with Crippen LogP contribution in [0.5, 0.6) is 0 Å². The molecule has 0 aromatic carbocycles. The highest BCUT2D eigenvalue weighted by molar-refractivity contribution is 7.11. The molecule has 100 valence electrons. The first-order valence-electron chi connectivity index (χ1n) is 5.86. The maximum Gasteiger partial charge on any atom is 0.263 e. The van der Waals surface area contributed by atoms with E-state index in [0.717, 1.165) is 11.3 Å². The number of nitrogens with one attached hydrogen (secondary N) is 2. The second kappa shape index (κ2) is 5.36. The Morgan fingerprint density at radius 3 is 2.74 bits per heavy atom. The van der Waals surface area contributed by atoms with E-state index in [-0.39, 0.29) is 18.0 Å². The lowest BCUT2D eigenvalue weighted by molar-refractivity contribution is 0.0954. The number of H-pyrrole nitrogens is 1. The highest BCUT2D eigenvalue weighted by atomic mass is 32.1. The van der Waals surface area contributed by atoms with Crippen molar-refractivity contribution in [1.82, 2.24) is 15.3 Å². The first kappa shape index (κ1) is 13.5. The van der Waals surface area contributed by atoms with Gasteiger partial charge in [-0.1, -0.05) is 0 Å². The molecule has 2 aromatic rings. The summed E-state index contributed by atoms with van der Waals surface area (Å²) in [4.78, 5) is 31.1. The lowest BCUT2D eigenvalue weighted by Gasteiger charge is -2.07. The third-order valence-electron chi connectivity index (χ3n) is 2.87. The van der Waals surface area contributed by atoms with Gasteiger partial charge in [-0.25, -0.2) is 4.98 Å². The molecule has 0 fully saturated rings. The lowest BCUT2D eigenvalue weighted by Crippen LogP contribution is -2.27. The van der Waals surface area contributed by atoms with Crippen molar-refractivity contribution in [2.75, 3.05) is 0 Å². The third-order valence-corrected chi connectivity index (χ3v) is 3.80. The topological polar surface area (TPSA) is 74.8 Å². The molecule has 0 unspecified atom stereocenters. The van der Waals surface area contributed by atoms with E-state index in [4.69, 9.17) is 0 Å². The summed E-state index contributed by atoms with van der Waals surface area (Å²) < 4.78 is 0. The van der Waals surface area contributed by atoms with E-state index in [1.165, 1.54) is 11.3 Å². The number of hydrogen-bond donors (Lipinski definition) is 2. The average Bonchev–Trinajstić information content (AvgIpc) is 2.73. The zero-order chi connectivity index (χ0) is 14.0. The number of amides is 1. The molecule has 0 bridgehead atoms. The molecule has 19 heavy (non-hydrogen) atoms. The molecule has 1 amide bonds. The maximum atomic E-state index is 11.9. The van der Waals surface area contributed by atoms with E-state index in [1.807, 2.05) is 19.9 Å². The van der Waals surface area contributed by atoms with Crippen molar-refractivity contribution >= 4 is 17.2 Å². The van der Waals surface area contributed by atoms with Crippen molar-refractivity contribution in [1.29, 1.82) is 0 Å². The highest BCUT2D eigenvalue weighted by Gasteiger charge is 2.12. The summed E-state index contributed by atoms with van der Waals surface area (Å²) in [5, 5.41) is 2.75. The fraction of sp³-hybridized carbons (Fsp3) is 0.308. The smallest absolute Gasteiger partial charge is 0.263 e. The average molecular weight is 277 g/mol. The van der Waals surface area contributed by atoms with Crippen molar-refractivity contribution in [2.45, 2.75) is 27.3 Å². The van der Waals surface area contributed by atoms with Gasteiger partial charge in [0, 0.05) is 17.8 Å². The van der Waals surface area contributed by atoms with Gasteiger partial charge in [-0.2, -0.15) is 0 Å². The van der Waals surface area contributed by atoms with E-state index < -0.39 is 0 Å². The lowest BCUT2D eigenvalue weighted by atomic mass is 10.1. The van der Waals surface area contributed by atoms with Crippen LogP contribution in [0.15, 0.2) is 16.4 Å². The van der Waals surface area contributed by atoms with Gasteiger partial charge >= 0.3 is 0 Å². The van der Waals surface area contributed by atoms with Gasteiger partial charge in [-0.05, 0) is 32.4 Å². The number of aryl methyl sites for hydroxylation is 3. The van der Waals surface area contributed by atoms with E-state index >= 15 is 0 Å². The number of carbonyl (C=O) groups is 1. The Kier molecular flexibility index (Phi) is 3.80. The Balaban J connectivity index is 2.14. The standard InChI is InChI=1S/C13H15N3O2S/c1-7-4-8(2)16-12(17)10(7)5-14-13(18)11-9(3)15-6-19-11/h4,6H,5H2,1-3H3,(H,14,18)(H,16,17). The number of rotatable bonds is 3. The van der Waals surface area contributed by atoms with E-state index in [9.17, 15) is 9.59 Å². The van der Waals surface area contributed by atoms with Crippen molar-refractivity contribution in [3.8, 4) is 0 Å². The molecule has 0 saturated carbocycles. The second-order valence-corrected chi connectivity index (χ2v) is 5.25. The highest BCUT2D eigenvalue weighted by Crippen LogP contribution is 2.12. The van der Waals surface area contributed by atoms with Gasteiger partial charge in [-0.15, -0.1) is 11.3 Å². The minimum absolute atomic E-state index is 0.154. The maximum absolute atomic E-state index is 11.9. The van der Waals surface area contributed by atoms with Gasteiger partial charge in [0.15, 0.2) is 0 Å². The van der Waals surface area contributed by atoms with Crippen LogP contribution in [-0.4, -0.2) is 15.9 Å². The van der Waals surface area contributed by atoms with Gasteiger partial charge < -0.3 is 10.3 Å². The van der Waals surface area contributed by atoms with Crippen molar-refractivity contribution in [3.05, 3.63) is 49.3 Å². The van der Waals surface area contributed by atoms with Crippen LogP contribution in [0.2, 0.25) is 0 Å². The monoisotopic (exact) mass is 277 g/mol. The molecule has 2 rings (SSSR count). The molecular weight excluding hydrogens is 262 g/mol. The Morgan fingerprint density at radius 2 is 2.16 bits per heavy atom. The van der Waals surface area contributed by atoms with Gasteiger partial charge in [-0.3, -0.25) is 9.59 Å². The SMILES string of the molecule is Cc1cc(C)c(CNC(=O)c2scnc2C)c(=O)[nH]1. The van der Waals surface area contributed by atoms with Crippen LogP contribution in [0.1, 0.15) is 32.2 Å². The summed E-state index contributed by atoms with van der Waals surface area (Å²) >= 11 is 1.29. The molecule has 0 radical (unpaired) electrons. The molecule has 2 aromatic heterocycles. The summed E-state index contributed by atoms with van der Waals surface area (Å²) in [6, 6.07) is 1.89. The van der Waals surface area contributed by atoms with Crippen molar-refractivity contribution in [2.24, 2.45) is 0 Å². The number of hydrogen-bond acceptors (Lipinski definition) is 4. The first-order chi connectivity index (χ1) is 8.99. The van der Waals surface area contributed by atoms with E-state index in [0.29, 0.717) is 16.1 Å². The summed E-state index contributed by atoms with van der Waals surface area (Å²) in [5.74, 6) is -0.195. The number of carbonyl (C=O) groups excluding carboxylic acids is 1. The summed E-state index contributed by atoms with van der Waals surface area (Å²) in [6.07, 6.45) is 0. The van der Waals surface area contributed by atoms with Gasteiger partial charge in [0.1, 0.15) is 4.88 Å². The number of thiazole rings is 1. The first-order valence-corrected chi connectivity index (χ1v) is 6.74. The molecule has 5 nitrogen and oxygen atoms in total. The van der Waals surface area contributed by atoms with Gasteiger partial charge in [0.25, 0.3) is 11.5 Å². The molecular formula is C13H15N3O2S. The second-order valence-electron chi connectivity index (χ2n) is 4.39. The van der Waals surface area contributed by atoms with E-state index in [2.05, 4.69) is 15.3 Å². The minimum Gasteiger partial charge on any atom is -0.347 e. The molecule has 0 spiro atoms. The number of nitrogens with zero attached hydrogens (tertiary/aromatic N) is 1. The van der Waals surface area contributed by atoms with Crippen LogP contribution in [0, 0.1) is 20.8 Å². The number of aromatic amines is 1. The quantitative estimate of drug-likeness (QED) is 0.896. The zero-order valence-electron chi connectivity index (χ0n) is 11.0. The molecule has 0 atom stereocenters. The Morgan fingerprint density at radius 1 is 1.42 bits per heavy atom. The molecule has 0 aliphatic carbocycles. The van der Waals surface area contributed by atoms with Crippen molar-refractivity contribution in [3.63, 3.8) is 0 Å². The fourth-order valence-corrected chi connectivity index (χ4v) is 2.59. The van der Waals surface area contributed by atoms with Crippen LogP contribution in [0.25, 0.3) is 0 Å². The van der Waals surface area contributed by atoms with Crippen LogP contribution in [0.3, 0.4) is 0 Å². The predicted molar refractivity (Wildman–Crippen MR) is 74.6 cm³/mol. The minimum atomic E-state index is -0.195. The summed E-state index contributed by atoms with van der Waals surface area (Å²) in [6.45, 7) is 5.70. The molecule has 2 N–H and O–H groups in total. The van der Waals surface area contributed by atoms with Crippen LogP contribution >= 0.6 is 11.3 Å². The van der Waals surface area contributed by atoms with E-state index in [1.54, 1.807) is 12.4 Å². The Bertz CT molecular complexity index is 673. The summed E-state index contributed by atoms with van der Waals surface area (Å²) in [5.41, 5.74) is 4.46. The Labute approximate surface area is 114 Å². The van der Waals surface area contributed by atoms with Crippen LogP contribution in [0.4, 0.5) is 0 Å². The summed E-state index contributed by atoms with van der Waals surface area (Å²) in [7, 11) is 0. The number of pyridine rings is 1. The molecule has 0 aliphatic rings. The van der Waals surface area contributed by atoms with Crippen molar-refractivity contribution < 1.29 is 4.79 Å². The molecule has 0 aliphatic heterocycles.